The Morgan fingerprint density at radius 1 is 0.300 bits per heavy atom. The largest absolute Gasteiger partial charge is 0.472 e. The van der Waals surface area contributed by atoms with Crippen molar-refractivity contribution in [1.82, 2.24) is 0 Å². The molecule has 0 bridgehead atoms. The molecular weight excluding hydrogens is 1310 g/mol. The number of rotatable bonds is 69. The Morgan fingerprint density at radius 3 is 0.910 bits per heavy atom. The molecule has 0 aromatic carbocycles. The second-order valence-corrected chi connectivity index (χ2v) is 27.4. The highest BCUT2D eigenvalue weighted by atomic mass is 31.2. The van der Waals surface area contributed by atoms with Crippen molar-refractivity contribution in [1.29, 1.82) is 0 Å². The first-order valence-electron chi connectivity index (χ1n) is 37.7. The molecule has 5 atom stereocenters. The fourth-order valence-corrected chi connectivity index (χ4v) is 10.9. The van der Waals surface area contributed by atoms with Crippen molar-refractivity contribution < 1.29 is 80.2 Å². The zero-order chi connectivity index (χ0) is 73.2. The fourth-order valence-electron chi connectivity index (χ4n) is 9.28. The van der Waals surface area contributed by atoms with Gasteiger partial charge in [-0.3, -0.25) is 37.3 Å². The molecule has 0 heterocycles. The topological polar surface area (TPSA) is 237 Å². The molecule has 0 aliphatic carbocycles. The van der Waals surface area contributed by atoms with Gasteiger partial charge in [-0.1, -0.05) is 250 Å². The van der Waals surface area contributed by atoms with E-state index in [1.165, 1.54) is 38.5 Å². The third kappa shape index (κ3) is 71.1. The van der Waals surface area contributed by atoms with E-state index >= 15 is 0 Å². The minimum absolute atomic E-state index is 0.0533. The number of allylic oxidation sites excluding steroid dienone is 25. The number of phosphoric acid groups is 2. The lowest BCUT2D eigenvalue weighted by atomic mass is 10.1. The molecule has 0 rings (SSSR count). The highest BCUT2D eigenvalue weighted by Crippen LogP contribution is 2.45. The number of hydrogen-bond donors (Lipinski definition) is 3. The predicted molar refractivity (Wildman–Crippen MR) is 408 cm³/mol. The Kier molecular flexibility index (Phi) is 68.2. The molecule has 5 unspecified atom stereocenters. The van der Waals surface area contributed by atoms with E-state index in [4.69, 9.17) is 37.0 Å². The first-order chi connectivity index (χ1) is 48.7. The Balaban J connectivity index is 5.50. The molecular formula is C81H132O17P2. The van der Waals surface area contributed by atoms with Gasteiger partial charge in [-0.2, -0.15) is 0 Å². The van der Waals surface area contributed by atoms with E-state index in [9.17, 15) is 43.2 Å². The molecule has 0 aliphatic heterocycles. The molecule has 0 spiro atoms. The molecule has 0 saturated heterocycles. The number of carbonyl (C=O) groups excluding carboxylic acids is 4. The average molecular weight is 1440 g/mol. The van der Waals surface area contributed by atoms with Crippen LogP contribution in [0.4, 0.5) is 0 Å². The van der Waals surface area contributed by atoms with Crippen LogP contribution < -0.4 is 0 Å². The van der Waals surface area contributed by atoms with Crippen LogP contribution >= 0.6 is 15.6 Å². The summed E-state index contributed by atoms with van der Waals surface area (Å²) < 4.78 is 68.3. The molecule has 568 valence electrons. The van der Waals surface area contributed by atoms with Crippen LogP contribution in [0, 0.1) is 0 Å². The Hall–Kier alpha value is -5.32. The molecule has 0 radical (unpaired) electrons. The molecule has 0 aromatic heterocycles. The normalized spacial score (nSPS) is 14.8. The van der Waals surface area contributed by atoms with Gasteiger partial charge in [0.2, 0.25) is 0 Å². The summed E-state index contributed by atoms with van der Waals surface area (Å²) in [6.45, 7) is 4.37. The lowest BCUT2D eigenvalue weighted by molar-refractivity contribution is -0.161. The molecule has 0 aromatic rings. The van der Waals surface area contributed by atoms with Gasteiger partial charge in [-0.05, 0) is 154 Å². The van der Waals surface area contributed by atoms with Gasteiger partial charge >= 0.3 is 39.5 Å². The average Bonchev–Trinajstić information content (AvgIpc) is 1.01. The number of phosphoric ester groups is 2. The zero-order valence-corrected chi connectivity index (χ0v) is 63.6. The van der Waals surface area contributed by atoms with Crippen molar-refractivity contribution >= 4 is 39.5 Å². The van der Waals surface area contributed by atoms with Crippen LogP contribution in [0.2, 0.25) is 0 Å². The van der Waals surface area contributed by atoms with Crippen LogP contribution in [-0.2, 0) is 65.4 Å². The molecule has 0 fully saturated rings. The molecule has 0 amide bonds. The number of hydrogen-bond acceptors (Lipinski definition) is 15. The van der Waals surface area contributed by atoms with E-state index in [2.05, 4.69) is 161 Å². The summed E-state index contributed by atoms with van der Waals surface area (Å²) in [6, 6.07) is 0. The second-order valence-electron chi connectivity index (χ2n) is 24.5. The van der Waals surface area contributed by atoms with Gasteiger partial charge in [0, 0.05) is 19.3 Å². The molecule has 19 heteroatoms. The van der Waals surface area contributed by atoms with Crippen molar-refractivity contribution in [2.24, 2.45) is 0 Å². The van der Waals surface area contributed by atoms with E-state index in [1.54, 1.807) is 6.08 Å². The number of ether oxygens (including phenoxy) is 4. The highest BCUT2D eigenvalue weighted by Gasteiger charge is 2.30. The summed E-state index contributed by atoms with van der Waals surface area (Å²) in [6.07, 6.45) is 82.7. The number of unbranched alkanes of at least 4 members (excludes halogenated alkanes) is 18. The van der Waals surface area contributed by atoms with Crippen LogP contribution in [0.15, 0.2) is 158 Å². The lowest BCUT2D eigenvalue weighted by Crippen LogP contribution is -2.30. The van der Waals surface area contributed by atoms with E-state index in [0.717, 1.165) is 154 Å². The van der Waals surface area contributed by atoms with Crippen LogP contribution in [0.1, 0.15) is 272 Å². The Labute approximate surface area is 604 Å². The number of esters is 4. The van der Waals surface area contributed by atoms with Crippen molar-refractivity contribution in [3.63, 3.8) is 0 Å². The molecule has 100 heavy (non-hydrogen) atoms. The van der Waals surface area contributed by atoms with Crippen LogP contribution in [0.3, 0.4) is 0 Å². The summed E-state index contributed by atoms with van der Waals surface area (Å²) >= 11 is 0. The van der Waals surface area contributed by atoms with Gasteiger partial charge in [-0.15, -0.1) is 0 Å². The second kappa shape index (κ2) is 72.0. The van der Waals surface area contributed by atoms with Gasteiger partial charge in [-0.25, -0.2) is 9.13 Å². The van der Waals surface area contributed by atoms with Crippen molar-refractivity contribution in [2.45, 2.75) is 290 Å². The van der Waals surface area contributed by atoms with E-state index in [0.29, 0.717) is 25.7 Å². The fraction of sp³-hybridized carbons (Fsp3) is 0.630. The quantitative estimate of drug-likeness (QED) is 0.0169. The molecule has 3 N–H and O–H groups in total. The van der Waals surface area contributed by atoms with Gasteiger partial charge in [0.25, 0.3) is 0 Å². The summed E-state index contributed by atoms with van der Waals surface area (Å²) in [4.78, 5) is 72.8. The number of aliphatic hydroxyl groups excluding tert-OH is 1. The molecule has 0 saturated carbocycles. The van der Waals surface area contributed by atoms with E-state index in [1.807, 2.05) is 18.2 Å². The Morgan fingerprint density at radius 2 is 0.560 bits per heavy atom. The molecule has 0 aliphatic rings. The third-order valence-electron chi connectivity index (χ3n) is 15.0. The van der Waals surface area contributed by atoms with Gasteiger partial charge in [0.15, 0.2) is 12.2 Å². The maximum atomic E-state index is 13.1. The summed E-state index contributed by atoms with van der Waals surface area (Å²) in [5, 5.41) is 10.6. The third-order valence-corrected chi connectivity index (χ3v) is 16.9. The van der Waals surface area contributed by atoms with E-state index in [-0.39, 0.29) is 25.7 Å². The minimum atomic E-state index is -5.01. The predicted octanol–water partition coefficient (Wildman–Crippen LogP) is 21.7. The number of aliphatic hydroxyl groups is 1. The summed E-state index contributed by atoms with van der Waals surface area (Å²) in [5.74, 6) is -2.42. The molecule has 17 nitrogen and oxygen atoms in total. The maximum Gasteiger partial charge on any atom is 0.472 e. The van der Waals surface area contributed by atoms with Gasteiger partial charge < -0.3 is 33.8 Å². The first-order valence-corrected chi connectivity index (χ1v) is 40.7. The standard InChI is InChI=1S/C81H132O17P2/c1-5-9-13-17-21-25-29-33-37-41-45-49-53-57-61-65-78(83)91-71-76(97-80(85)67-63-59-55-51-47-43-39-35-31-27-23-19-15-11-7-3)73-95-99(87,88)93-69-75(82)70-94-100(89,90)96-74-77(98-81(86)68-64-60-56-52-48-44-40-36-32-28-24-20-16-12-8-4)72-92-79(84)66-62-58-54-50-46-42-38-34-30-26-22-18-14-10-6-2/h9-10,13-14,21-28,33-40,45-46,49-50,57,61,75-77,82H,5-8,11-12,15-20,29-32,41-44,47-48,51-56,58-60,62-74H2,1-4H3,(H,87,88)(H,89,90)/b13-9-,14-10-,25-21-,26-22-,27-23-,28-24-,37-33-,38-34-,39-35-,40-36-,49-45-,50-46-,61-57-. The number of carbonyl (C=O) groups is 4. The first kappa shape index (κ1) is 94.7. The van der Waals surface area contributed by atoms with Crippen molar-refractivity contribution in [3.05, 3.63) is 158 Å². The SMILES string of the molecule is CC/C=C\C/C=C\C/C=C\C/C=C\C/C=C\CC(=O)OCC(COP(=O)(O)OCC(O)COP(=O)(O)OCC(COC(=O)CCCC/C=C\C/C=C\C/C=C\C/C=C\CC)OC(=O)CCCCCCC/C=C\C/C=C\CCCCC)OC(=O)CCCCCCC/C=C\C/C=C\CCCCC. The van der Waals surface area contributed by atoms with Crippen LogP contribution in [0.25, 0.3) is 0 Å². The lowest BCUT2D eigenvalue weighted by Gasteiger charge is -2.21. The summed E-state index contributed by atoms with van der Waals surface area (Å²) in [5.41, 5.74) is 0. The van der Waals surface area contributed by atoms with Crippen LogP contribution in [-0.4, -0.2) is 96.7 Å². The monoisotopic (exact) mass is 1440 g/mol. The Bertz CT molecular complexity index is 2520. The summed E-state index contributed by atoms with van der Waals surface area (Å²) in [7, 11) is -10.0. The highest BCUT2D eigenvalue weighted by molar-refractivity contribution is 7.47. The van der Waals surface area contributed by atoms with Crippen molar-refractivity contribution in [2.75, 3.05) is 39.6 Å². The van der Waals surface area contributed by atoms with Crippen LogP contribution in [0.5, 0.6) is 0 Å². The zero-order valence-electron chi connectivity index (χ0n) is 61.8. The van der Waals surface area contributed by atoms with Gasteiger partial charge in [0.05, 0.1) is 32.8 Å². The van der Waals surface area contributed by atoms with Gasteiger partial charge in [0.1, 0.15) is 19.3 Å². The van der Waals surface area contributed by atoms with E-state index < -0.39 is 97.5 Å². The maximum absolute atomic E-state index is 13.1. The smallest absolute Gasteiger partial charge is 0.462 e. The minimum Gasteiger partial charge on any atom is -0.462 e. The van der Waals surface area contributed by atoms with Crippen molar-refractivity contribution in [3.8, 4) is 0 Å².